The van der Waals surface area contributed by atoms with Crippen molar-refractivity contribution in [2.45, 2.75) is 12.5 Å². The minimum atomic E-state index is 0. The first kappa shape index (κ1) is 8.31. The van der Waals surface area contributed by atoms with Crippen molar-refractivity contribution < 1.29 is 0 Å². The van der Waals surface area contributed by atoms with Gasteiger partial charge in [0.15, 0.2) is 0 Å². The zero-order chi connectivity index (χ0) is 6.27. The van der Waals surface area contributed by atoms with Crippen molar-refractivity contribution in [3.63, 3.8) is 0 Å². The molecule has 10 heavy (non-hydrogen) atoms. The zero-order valence-electron chi connectivity index (χ0n) is 6.34. The average molecular weight is 163 g/mol. The predicted molar refractivity (Wildman–Crippen MR) is 44.6 cm³/mol. The Morgan fingerprint density at radius 1 is 1.50 bits per heavy atom. The number of nitrogens with zero attached hydrogens (tertiary/aromatic N) is 1. The van der Waals surface area contributed by atoms with Crippen LogP contribution in [0.25, 0.3) is 0 Å². The molecule has 0 unspecified atom stereocenters. The van der Waals surface area contributed by atoms with E-state index < -0.39 is 0 Å². The van der Waals surface area contributed by atoms with E-state index >= 15 is 0 Å². The fraction of sp³-hybridized carbons (Fsp3) is 1.00. The summed E-state index contributed by atoms with van der Waals surface area (Å²) in [5, 5.41) is 3.40. The number of hydrogen-bond donors (Lipinski definition) is 1. The van der Waals surface area contributed by atoms with E-state index in [1.807, 2.05) is 0 Å². The number of halogens is 1. The third-order valence-corrected chi connectivity index (χ3v) is 2.68. The van der Waals surface area contributed by atoms with Gasteiger partial charge in [0.05, 0.1) is 0 Å². The molecule has 0 saturated carbocycles. The number of piperidine rings is 1. The van der Waals surface area contributed by atoms with Crippen LogP contribution in [0.5, 0.6) is 0 Å². The second kappa shape index (κ2) is 3.07. The summed E-state index contributed by atoms with van der Waals surface area (Å²) in [5.41, 5.74) is 0. The molecule has 0 radical (unpaired) electrons. The van der Waals surface area contributed by atoms with Gasteiger partial charge in [-0.3, -0.25) is 0 Å². The summed E-state index contributed by atoms with van der Waals surface area (Å²) >= 11 is 0. The first-order chi connectivity index (χ1) is 4.38. The molecule has 2 atom stereocenters. The Bertz CT molecular complexity index is 116. The second-order valence-electron chi connectivity index (χ2n) is 3.26. The van der Waals surface area contributed by atoms with Crippen LogP contribution in [0.2, 0.25) is 0 Å². The molecule has 0 aromatic rings. The number of rotatable bonds is 0. The molecule has 2 saturated heterocycles. The van der Waals surface area contributed by atoms with Crippen molar-refractivity contribution in [2.24, 2.45) is 5.92 Å². The molecular weight excluding hydrogens is 148 g/mol. The molecule has 0 aliphatic carbocycles. The van der Waals surface area contributed by atoms with Crippen LogP contribution >= 0.6 is 12.4 Å². The van der Waals surface area contributed by atoms with E-state index in [4.69, 9.17) is 0 Å². The summed E-state index contributed by atoms with van der Waals surface area (Å²) in [4.78, 5) is 2.44. The molecule has 0 amide bonds. The topological polar surface area (TPSA) is 15.3 Å². The lowest BCUT2D eigenvalue weighted by Gasteiger charge is -2.49. The van der Waals surface area contributed by atoms with Crippen molar-refractivity contribution in [1.29, 1.82) is 0 Å². The Morgan fingerprint density at radius 3 is 2.80 bits per heavy atom. The summed E-state index contributed by atoms with van der Waals surface area (Å²) in [6, 6.07) is 0.874. The molecule has 2 fully saturated rings. The molecular formula is C7H15ClN2. The van der Waals surface area contributed by atoms with Gasteiger partial charge >= 0.3 is 0 Å². The fourth-order valence-corrected chi connectivity index (χ4v) is 1.99. The van der Waals surface area contributed by atoms with Crippen LogP contribution in [-0.4, -0.2) is 37.6 Å². The molecule has 0 spiro atoms. The van der Waals surface area contributed by atoms with Gasteiger partial charge < -0.3 is 10.2 Å². The maximum absolute atomic E-state index is 3.40. The maximum atomic E-state index is 3.40. The first-order valence-corrected chi connectivity index (χ1v) is 3.79. The molecule has 0 bridgehead atoms. The highest BCUT2D eigenvalue weighted by Crippen LogP contribution is 2.27. The van der Waals surface area contributed by atoms with Crippen LogP contribution in [0.3, 0.4) is 0 Å². The summed E-state index contributed by atoms with van der Waals surface area (Å²) in [6.45, 7) is 3.81. The normalized spacial score (nSPS) is 39.3. The molecule has 2 aliphatic heterocycles. The van der Waals surface area contributed by atoms with Gasteiger partial charge in [0, 0.05) is 19.1 Å². The Hall–Kier alpha value is 0.210. The minimum Gasteiger partial charge on any atom is -0.315 e. The summed E-state index contributed by atoms with van der Waals surface area (Å²) in [7, 11) is 2.22. The maximum Gasteiger partial charge on any atom is 0.0258 e. The molecule has 60 valence electrons. The van der Waals surface area contributed by atoms with Crippen molar-refractivity contribution in [3.05, 3.63) is 0 Å². The SMILES string of the molecule is CN1C[C@H]2CCNC[C@H]21.Cl. The lowest BCUT2D eigenvalue weighted by molar-refractivity contribution is 0.0191. The summed E-state index contributed by atoms with van der Waals surface area (Å²) in [6.07, 6.45) is 1.40. The number of nitrogens with one attached hydrogen (secondary N) is 1. The van der Waals surface area contributed by atoms with Crippen molar-refractivity contribution in [2.75, 3.05) is 26.7 Å². The van der Waals surface area contributed by atoms with E-state index in [2.05, 4.69) is 17.3 Å². The Morgan fingerprint density at radius 2 is 2.30 bits per heavy atom. The van der Waals surface area contributed by atoms with Gasteiger partial charge in [0.1, 0.15) is 0 Å². The van der Waals surface area contributed by atoms with E-state index in [1.165, 1.54) is 26.1 Å². The smallest absolute Gasteiger partial charge is 0.0258 e. The van der Waals surface area contributed by atoms with Gasteiger partial charge in [0.25, 0.3) is 0 Å². The van der Waals surface area contributed by atoms with Crippen LogP contribution < -0.4 is 5.32 Å². The minimum absolute atomic E-state index is 0. The van der Waals surface area contributed by atoms with Gasteiger partial charge in [-0.05, 0) is 25.9 Å². The highest BCUT2D eigenvalue weighted by atomic mass is 35.5. The largest absolute Gasteiger partial charge is 0.315 e. The number of hydrogen-bond acceptors (Lipinski definition) is 2. The van der Waals surface area contributed by atoms with Crippen LogP contribution in [0.4, 0.5) is 0 Å². The van der Waals surface area contributed by atoms with E-state index in [1.54, 1.807) is 0 Å². The van der Waals surface area contributed by atoms with Crippen LogP contribution in [0, 0.1) is 5.92 Å². The number of fused-ring (bicyclic) bond motifs is 1. The third-order valence-electron chi connectivity index (χ3n) is 2.68. The Balaban J connectivity index is 0.000000500. The third kappa shape index (κ3) is 1.16. The van der Waals surface area contributed by atoms with Gasteiger partial charge in [-0.15, -0.1) is 12.4 Å². The Kier molecular flexibility index (Phi) is 2.55. The molecule has 0 aromatic heterocycles. The van der Waals surface area contributed by atoms with Gasteiger partial charge in [-0.25, -0.2) is 0 Å². The molecule has 2 nitrogen and oxygen atoms in total. The molecule has 2 heterocycles. The average Bonchev–Trinajstić information content (AvgIpc) is 1.86. The van der Waals surface area contributed by atoms with Crippen molar-refractivity contribution >= 4 is 12.4 Å². The van der Waals surface area contributed by atoms with E-state index in [9.17, 15) is 0 Å². The van der Waals surface area contributed by atoms with Gasteiger partial charge in [-0.2, -0.15) is 0 Å². The van der Waals surface area contributed by atoms with Crippen LogP contribution in [-0.2, 0) is 0 Å². The second-order valence-corrected chi connectivity index (χ2v) is 3.26. The van der Waals surface area contributed by atoms with Crippen LogP contribution in [0.1, 0.15) is 6.42 Å². The lowest BCUT2D eigenvalue weighted by Crippen LogP contribution is -2.61. The number of likely N-dealkylation sites (tertiary alicyclic amines) is 1. The monoisotopic (exact) mass is 162 g/mol. The summed E-state index contributed by atoms with van der Waals surface area (Å²) in [5.74, 6) is 1.02. The van der Waals surface area contributed by atoms with Crippen molar-refractivity contribution in [3.8, 4) is 0 Å². The zero-order valence-corrected chi connectivity index (χ0v) is 7.16. The van der Waals surface area contributed by atoms with Gasteiger partial charge in [0.2, 0.25) is 0 Å². The van der Waals surface area contributed by atoms with Crippen LogP contribution in [0.15, 0.2) is 0 Å². The molecule has 1 N–H and O–H groups in total. The first-order valence-electron chi connectivity index (χ1n) is 3.79. The molecule has 3 heteroatoms. The highest BCUT2D eigenvalue weighted by Gasteiger charge is 2.37. The summed E-state index contributed by atoms with van der Waals surface area (Å²) < 4.78 is 0. The van der Waals surface area contributed by atoms with E-state index in [0.717, 1.165) is 12.0 Å². The standard InChI is InChI=1S/C7H14N2.ClH/c1-9-5-6-2-3-8-4-7(6)9;/h6-8H,2-5H2,1H3;1H/t6-,7-;/m1./s1. The Labute approximate surface area is 68.4 Å². The predicted octanol–water partition coefficient (Wildman–Crippen LogP) is 0.332. The lowest BCUT2D eigenvalue weighted by atomic mass is 9.84. The molecule has 2 aliphatic rings. The van der Waals surface area contributed by atoms with E-state index in [-0.39, 0.29) is 12.4 Å². The van der Waals surface area contributed by atoms with E-state index in [0.29, 0.717) is 0 Å². The fourth-order valence-electron chi connectivity index (χ4n) is 1.99. The van der Waals surface area contributed by atoms with Crippen molar-refractivity contribution in [1.82, 2.24) is 10.2 Å². The van der Waals surface area contributed by atoms with Gasteiger partial charge in [-0.1, -0.05) is 0 Å². The number of likely N-dealkylation sites (N-methyl/N-ethyl adjacent to an activating group) is 1. The molecule has 2 rings (SSSR count). The highest BCUT2D eigenvalue weighted by molar-refractivity contribution is 5.85. The molecule has 0 aromatic carbocycles. The quantitative estimate of drug-likeness (QED) is 0.553.